The van der Waals surface area contributed by atoms with E-state index in [-0.39, 0.29) is 0 Å². The molecule has 0 amide bonds. The average Bonchev–Trinajstić information content (AvgIpc) is 2.97. The van der Waals surface area contributed by atoms with Gasteiger partial charge in [-0.3, -0.25) is 0 Å². The van der Waals surface area contributed by atoms with Crippen LogP contribution in [0.1, 0.15) is 12.0 Å². The van der Waals surface area contributed by atoms with Gasteiger partial charge < -0.3 is 14.1 Å². The summed E-state index contributed by atoms with van der Waals surface area (Å²) < 4.78 is 11.5. The van der Waals surface area contributed by atoms with Crippen LogP contribution in [0.4, 0.5) is 6.01 Å². The Morgan fingerprint density at radius 3 is 2.64 bits per heavy atom. The van der Waals surface area contributed by atoms with Crippen LogP contribution in [0.2, 0.25) is 0 Å². The van der Waals surface area contributed by atoms with Crippen molar-refractivity contribution in [3.8, 4) is 5.75 Å². The van der Waals surface area contributed by atoms with Crippen LogP contribution in [0.15, 0.2) is 52.9 Å². The highest BCUT2D eigenvalue weighted by Crippen LogP contribution is 2.20. The van der Waals surface area contributed by atoms with Gasteiger partial charge in [-0.15, -0.1) is 0 Å². The van der Waals surface area contributed by atoms with E-state index in [1.54, 1.807) is 0 Å². The molecule has 3 rings (SSSR count). The summed E-state index contributed by atoms with van der Waals surface area (Å²) in [4.78, 5) is 6.49. The van der Waals surface area contributed by atoms with Crippen LogP contribution in [0.5, 0.6) is 5.75 Å². The van der Waals surface area contributed by atoms with E-state index in [0.717, 1.165) is 29.8 Å². The van der Waals surface area contributed by atoms with Crippen molar-refractivity contribution in [2.45, 2.75) is 13.3 Å². The lowest BCUT2D eigenvalue weighted by Gasteiger charge is -2.14. The molecule has 4 nitrogen and oxygen atoms in total. The van der Waals surface area contributed by atoms with Crippen molar-refractivity contribution in [1.82, 2.24) is 4.98 Å². The van der Waals surface area contributed by atoms with E-state index in [1.165, 1.54) is 5.56 Å². The number of aryl methyl sites for hydroxylation is 1. The average molecular weight is 296 g/mol. The van der Waals surface area contributed by atoms with E-state index in [0.29, 0.717) is 12.6 Å². The first kappa shape index (κ1) is 14.4. The van der Waals surface area contributed by atoms with Crippen LogP contribution in [0.3, 0.4) is 0 Å². The van der Waals surface area contributed by atoms with E-state index in [1.807, 2.05) is 48.3 Å². The second-order valence-corrected chi connectivity index (χ2v) is 5.40. The molecular weight excluding hydrogens is 276 g/mol. The fourth-order valence-corrected chi connectivity index (χ4v) is 2.25. The number of fused-ring (bicyclic) bond motifs is 1. The Labute approximate surface area is 130 Å². The second kappa shape index (κ2) is 6.52. The maximum absolute atomic E-state index is 5.73. The van der Waals surface area contributed by atoms with Crippen LogP contribution >= 0.6 is 0 Å². The summed E-state index contributed by atoms with van der Waals surface area (Å²) >= 11 is 0. The number of hydrogen-bond acceptors (Lipinski definition) is 4. The zero-order chi connectivity index (χ0) is 15.4. The standard InChI is InChI=1S/C18H20N2O2/c1-14-8-10-15(11-9-14)21-13-5-12-20(2)18-19-16-6-3-4-7-17(16)22-18/h3-4,6-11H,5,12-13H2,1-2H3. The highest BCUT2D eigenvalue weighted by molar-refractivity contribution is 5.74. The SMILES string of the molecule is Cc1ccc(OCCCN(C)c2nc3ccccc3o2)cc1. The summed E-state index contributed by atoms with van der Waals surface area (Å²) in [6.07, 6.45) is 0.906. The Morgan fingerprint density at radius 2 is 1.86 bits per heavy atom. The van der Waals surface area contributed by atoms with Crippen molar-refractivity contribution in [3.05, 3.63) is 54.1 Å². The molecule has 1 aromatic heterocycles. The van der Waals surface area contributed by atoms with Gasteiger partial charge >= 0.3 is 0 Å². The summed E-state index contributed by atoms with van der Waals surface area (Å²) in [5.41, 5.74) is 2.95. The molecule has 114 valence electrons. The van der Waals surface area contributed by atoms with Gasteiger partial charge in [0.15, 0.2) is 5.58 Å². The first-order valence-electron chi connectivity index (χ1n) is 7.48. The molecular formula is C18H20N2O2. The summed E-state index contributed by atoms with van der Waals surface area (Å²) in [6, 6.07) is 16.6. The number of rotatable bonds is 6. The quantitative estimate of drug-likeness (QED) is 0.643. The lowest BCUT2D eigenvalue weighted by Crippen LogP contribution is -2.20. The number of para-hydroxylation sites is 2. The van der Waals surface area contributed by atoms with Crippen molar-refractivity contribution in [2.24, 2.45) is 0 Å². The molecule has 0 aliphatic rings. The van der Waals surface area contributed by atoms with Gasteiger partial charge in [-0.25, -0.2) is 0 Å². The second-order valence-electron chi connectivity index (χ2n) is 5.40. The van der Waals surface area contributed by atoms with Crippen molar-refractivity contribution in [1.29, 1.82) is 0 Å². The minimum Gasteiger partial charge on any atom is -0.494 e. The predicted molar refractivity (Wildman–Crippen MR) is 88.6 cm³/mol. The molecule has 4 heteroatoms. The molecule has 1 heterocycles. The van der Waals surface area contributed by atoms with Gasteiger partial charge in [0.25, 0.3) is 6.01 Å². The number of oxazole rings is 1. The lowest BCUT2D eigenvalue weighted by atomic mass is 10.2. The molecule has 22 heavy (non-hydrogen) atoms. The van der Waals surface area contributed by atoms with Crippen molar-refractivity contribution in [2.75, 3.05) is 25.1 Å². The third-order valence-electron chi connectivity index (χ3n) is 3.54. The van der Waals surface area contributed by atoms with Crippen LogP contribution in [-0.4, -0.2) is 25.2 Å². The van der Waals surface area contributed by atoms with Gasteiger partial charge in [-0.2, -0.15) is 4.98 Å². The van der Waals surface area contributed by atoms with E-state index in [4.69, 9.17) is 9.15 Å². The molecule has 0 aliphatic heterocycles. The van der Waals surface area contributed by atoms with E-state index in [2.05, 4.69) is 24.0 Å². The Morgan fingerprint density at radius 1 is 1.09 bits per heavy atom. The topological polar surface area (TPSA) is 38.5 Å². The predicted octanol–water partition coefficient (Wildman–Crippen LogP) is 4.04. The Kier molecular flexibility index (Phi) is 4.28. The van der Waals surface area contributed by atoms with Crippen LogP contribution < -0.4 is 9.64 Å². The molecule has 0 fully saturated rings. The van der Waals surface area contributed by atoms with Gasteiger partial charge in [0, 0.05) is 13.6 Å². The fourth-order valence-electron chi connectivity index (χ4n) is 2.25. The molecule has 0 saturated carbocycles. The number of aromatic nitrogens is 1. The number of nitrogens with zero attached hydrogens (tertiary/aromatic N) is 2. The van der Waals surface area contributed by atoms with Gasteiger partial charge in [0.1, 0.15) is 11.3 Å². The van der Waals surface area contributed by atoms with E-state index < -0.39 is 0 Å². The fraction of sp³-hybridized carbons (Fsp3) is 0.278. The molecule has 0 spiro atoms. The highest BCUT2D eigenvalue weighted by Gasteiger charge is 2.09. The molecule has 0 unspecified atom stereocenters. The van der Waals surface area contributed by atoms with Crippen molar-refractivity contribution >= 4 is 17.1 Å². The van der Waals surface area contributed by atoms with E-state index >= 15 is 0 Å². The minimum atomic E-state index is 0.650. The summed E-state index contributed by atoms with van der Waals surface area (Å²) in [6.45, 7) is 3.57. The zero-order valence-electron chi connectivity index (χ0n) is 13.0. The smallest absolute Gasteiger partial charge is 0.298 e. The first-order chi connectivity index (χ1) is 10.7. The molecule has 3 aromatic rings. The molecule has 0 saturated heterocycles. The molecule has 2 aromatic carbocycles. The Hall–Kier alpha value is -2.49. The van der Waals surface area contributed by atoms with Crippen LogP contribution in [0.25, 0.3) is 11.1 Å². The molecule has 0 N–H and O–H groups in total. The molecule has 0 radical (unpaired) electrons. The van der Waals surface area contributed by atoms with Crippen LogP contribution in [-0.2, 0) is 0 Å². The number of anilines is 1. The minimum absolute atomic E-state index is 0.650. The van der Waals surface area contributed by atoms with Crippen molar-refractivity contribution in [3.63, 3.8) is 0 Å². The highest BCUT2D eigenvalue weighted by atomic mass is 16.5. The third-order valence-corrected chi connectivity index (χ3v) is 3.54. The van der Waals surface area contributed by atoms with Crippen molar-refractivity contribution < 1.29 is 9.15 Å². The normalized spacial score (nSPS) is 10.8. The Balaban J connectivity index is 1.49. The van der Waals surface area contributed by atoms with E-state index in [9.17, 15) is 0 Å². The largest absolute Gasteiger partial charge is 0.494 e. The Bertz CT molecular complexity index is 701. The summed E-state index contributed by atoms with van der Waals surface area (Å²) in [5.74, 6) is 0.912. The summed E-state index contributed by atoms with van der Waals surface area (Å²) in [7, 11) is 1.98. The maximum atomic E-state index is 5.73. The first-order valence-corrected chi connectivity index (χ1v) is 7.48. The summed E-state index contributed by atoms with van der Waals surface area (Å²) in [5, 5.41) is 0. The van der Waals surface area contributed by atoms with Gasteiger partial charge in [-0.1, -0.05) is 29.8 Å². The van der Waals surface area contributed by atoms with Gasteiger partial charge in [0.05, 0.1) is 6.61 Å². The monoisotopic (exact) mass is 296 g/mol. The number of hydrogen-bond donors (Lipinski definition) is 0. The molecule has 0 atom stereocenters. The van der Waals surface area contributed by atoms with Gasteiger partial charge in [0.2, 0.25) is 0 Å². The number of benzene rings is 2. The molecule has 0 bridgehead atoms. The zero-order valence-corrected chi connectivity index (χ0v) is 13.0. The third kappa shape index (κ3) is 3.39. The maximum Gasteiger partial charge on any atom is 0.298 e. The lowest BCUT2D eigenvalue weighted by molar-refractivity contribution is 0.311. The van der Waals surface area contributed by atoms with Crippen LogP contribution in [0, 0.1) is 6.92 Å². The molecule has 0 aliphatic carbocycles. The number of ether oxygens (including phenoxy) is 1. The van der Waals surface area contributed by atoms with Gasteiger partial charge in [-0.05, 0) is 37.6 Å².